The molecule has 1 rings (SSSR count). The van der Waals surface area contributed by atoms with E-state index in [9.17, 15) is 5.11 Å². The molecule has 1 heterocycles. The first-order valence-corrected chi connectivity index (χ1v) is 6.29. The van der Waals surface area contributed by atoms with Crippen LogP contribution in [-0.4, -0.2) is 50.9 Å². The molecule has 0 aliphatic carbocycles. The highest BCUT2D eigenvalue weighted by Crippen LogP contribution is 2.05. The maximum Gasteiger partial charge on any atom is 0.245 e. The zero-order valence-electron chi connectivity index (χ0n) is 10.0. The Bertz CT molecular complexity index is 297. The Hall–Kier alpha value is -0.760. The Morgan fingerprint density at radius 3 is 2.88 bits per heavy atom. The molecule has 0 aromatic carbocycles. The van der Waals surface area contributed by atoms with E-state index >= 15 is 0 Å². The normalized spacial score (nSPS) is 16.5. The summed E-state index contributed by atoms with van der Waals surface area (Å²) in [5.74, 6) is 0.594. The highest BCUT2D eigenvalue weighted by atomic mass is 32.1. The summed E-state index contributed by atoms with van der Waals surface area (Å²) >= 11 is 1.07. The van der Waals surface area contributed by atoms with Crippen LogP contribution in [0.5, 0.6) is 5.88 Å². The maximum atomic E-state index is 9.66. The number of nitrogens with zero attached hydrogens (tertiary/aromatic N) is 2. The minimum atomic E-state index is -0.606. The van der Waals surface area contributed by atoms with Gasteiger partial charge in [0.1, 0.15) is 18.9 Å². The first-order valence-electron chi connectivity index (χ1n) is 5.56. The van der Waals surface area contributed by atoms with Gasteiger partial charge < -0.3 is 20.3 Å². The first-order chi connectivity index (χ1) is 8.13. The van der Waals surface area contributed by atoms with Crippen LogP contribution >= 0.6 is 11.7 Å². The van der Waals surface area contributed by atoms with Gasteiger partial charge in [-0.2, -0.15) is 4.37 Å². The fraction of sp³-hybridized carbons (Fsp3) is 0.800. The number of nitrogens with one attached hydrogen (secondary N) is 1. The van der Waals surface area contributed by atoms with Crippen molar-refractivity contribution >= 4 is 11.7 Å². The molecule has 3 unspecified atom stereocenters. The summed E-state index contributed by atoms with van der Waals surface area (Å²) in [5, 5.41) is 21.8. The summed E-state index contributed by atoms with van der Waals surface area (Å²) in [6.07, 6.45) is 0.909. The first kappa shape index (κ1) is 14.3. The molecule has 6 nitrogen and oxygen atoms in total. The van der Waals surface area contributed by atoms with Crippen molar-refractivity contribution in [3.63, 3.8) is 0 Å². The van der Waals surface area contributed by atoms with Crippen LogP contribution < -0.4 is 10.1 Å². The lowest BCUT2D eigenvalue weighted by molar-refractivity contribution is 0.0974. The molecule has 0 saturated heterocycles. The van der Waals surface area contributed by atoms with Gasteiger partial charge in [-0.05, 0) is 12.8 Å². The van der Waals surface area contributed by atoms with Crippen LogP contribution in [0.3, 0.4) is 0 Å². The van der Waals surface area contributed by atoms with Crippen LogP contribution in [0.1, 0.15) is 13.8 Å². The average Bonchev–Trinajstić information content (AvgIpc) is 2.85. The molecule has 0 aliphatic rings. The second kappa shape index (κ2) is 7.54. The number of rotatable bonds is 8. The number of hydrogen-bond donors (Lipinski definition) is 3. The van der Waals surface area contributed by atoms with E-state index in [0.29, 0.717) is 12.4 Å². The lowest BCUT2D eigenvalue weighted by atomic mass is 10.1. The highest BCUT2D eigenvalue weighted by Gasteiger charge is 2.13. The summed E-state index contributed by atoms with van der Waals surface area (Å²) < 4.78 is 12.9. The molecule has 1 aromatic heterocycles. The molecule has 3 atom stereocenters. The van der Waals surface area contributed by atoms with Gasteiger partial charge in [0, 0.05) is 19.2 Å². The summed E-state index contributed by atoms with van der Waals surface area (Å²) in [7, 11) is 0. The Labute approximate surface area is 105 Å². The summed E-state index contributed by atoms with van der Waals surface area (Å²) in [6, 6.07) is 0.149. The fourth-order valence-corrected chi connectivity index (χ4v) is 1.51. The minimum Gasteiger partial charge on any atom is -0.473 e. The van der Waals surface area contributed by atoms with Gasteiger partial charge in [-0.1, -0.05) is 6.92 Å². The van der Waals surface area contributed by atoms with E-state index in [4.69, 9.17) is 9.84 Å². The van der Waals surface area contributed by atoms with E-state index in [0.717, 1.165) is 11.7 Å². The summed E-state index contributed by atoms with van der Waals surface area (Å²) in [4.78, 5) is 0. The Balaban J connectivity index is 2.14. The minimum absolute atomic E-state index is 0.130. The van der Waals surface area contributed by atoms with E-state index in [1.165, 1.54) is 6.20 Å². The Kier molecular flexibility index (Phi) is 6.35. The van der Waals surface area contributed by atoms with E-state index in [1.54, 1.807) is 0 Å². The molecule has 0 radical (unpaired) electrons. The molecule has 0 fully saturated rings. The van der Waals surface area contributed by atoms with Crippen LogP contribution in [0, 0.1) is 5.92 Å². The van der Waals surface area contributed by atoms with Crippen molar-refractivity contribution < 1.29 is 14.9 Å². The largest absolute Gasteiger partial charge is 0.473 e. The number of hydrogen-bond acceptors (Lipinski definition) is 7. The van der Waals surface area contributed by atoms with Gasteiger partial charge in [0.15, 0.2) is 0 Å². The van der Waals surface area contributed by atoms with Crippen LogP contribution in [0.4, 0.5) is 0 Å². The molecule has 0 amide bonds. The maximum absolute atomic E-state index is 9.66. The van der Waals surface area contributed by atoms with Gasteiger partial charge in [0.2, 0.25) is 5.88 Å². The van der Waals surface area contributed by atoms with Gasteiger partial charge in [-0.25, -0.2) is 0 Å². The molecule has 0 aliphatic heterocycles. The predicted molar refractivity (Wildman–Crippen MR) is 65.1 cm³/mol. The summed E-state index contributed by atoms with van der Waals surface area (Å²) in [6.45, 7) is 4.65. The molecule has 0 saturated carbocycles. The fourth-order valence-electron chi connectivity index (χ4n) is 1.14. The monoisotopic (exact) mass is 261 g/mol. The van der Waals surface area contributed by atoms with Crippen molar-refractivity contribution in [3.05, 3.63) is 6.20 Å². The van der Waals surface area contributed by atoms with Gasteiger partial charge in [-0.15, -0.1) is 4.37 Å². The smallest absolute Gasteiger partial charge is 0.245 e. The highest BCUT2D eigenvalue weighted by molar-refractivity contribution is 6.99. The number of aliphatic hydroxyl groups excluding tert-OH is 2. The number of ether oxygens (including phenoxy) is 1. The quantitative estimate of drug-likeness (QED) is 0.605. The third-order valence-electron chi connectivity index (χ3n) is 2.58. The van der Waals surface area contributed by atoms with Gasteiger partial charge >= 0.3 is 0 Å². The third-order valence-corrected chi connectivity index (χ3v) is 3.04. The van der Waals surface area contributed by atoms with Crippen molar-refractivity contribution in [1.82, 2.24) is 14.1 Å². The molecular weight excluding hydrogens is 242 g/mol. The zero-order chi connectivity index (χ0) is 12.7. The standard InChI is InChI=1S/C10H19N3O3S/c1-7(5-14)8(2)11-3-9(15)6-16-10-4-12-17-13-10/h4,7-9,11,14-15H,3,5-6H2,1-2H3. The van der Waals surface area contributed by atoms with Gasteiger partial charge in [0.05, 0.1) is 11.7 Å². The molecule has 3 N–H and O–H groups in total. The molecule has 0 spiro atoms. The molecule has 98 valence electrons. The number of aliphatic hydroxyl groups is 2. The van der Waals surface area contributed by atoms with Crippen molar-refractivity contribution in [2.75, 3.05) is 19.8 Å². The van der Waals surface area contributed by atoms with Gasteiger partial charge in [-0.3, -0.25) is 0 Å². The van der Waals surface area contributed by atoms with Crippen molar-refractivity contribution in [1.29, 1.82) is 0 Å². The Morgan fingerprint density at radius 2 is 2.29 bits per heavy atom. The SMILES string of the molecule is CC(CO)C(C)NCC(O)COc1cnsn1. The lowest BCUT2D eigenvalue weighted by Crippen LogP contribution is -2.40. The molecule has 0 bridgehead atoms. The van der Waals surface area contributed by atoms with E-state index in [2.05, 4.69) is 14.1 Å². The average molecular weight is 261 g/mol. The topological polar surface area (TPSA) is 87.5 Å². The lowest BCUT2D eigenvalue weighted by Gasteiger charge is -2.21. The Morgan fingerprint density at radius 1 is 1.53 bits per heavy atom. The van der Waals surface area contributed by atoms with E-state index in [1.807, 2.05) is 13.8 Å². The zero-order valence-corrected chi connectivity index (χ0v) is 10.9. The van der Waals surface area contributed by atoms with Crippen LogP contribution in [0.25, 0.3) is 0 Å². The predicted octanol–water partition coefficient (Wildman–Crippen LogP) is -0.116. The second-order valence-corrected chi connectivity index (χ2v) is 4.62. The van der Waals surface area contributed by atoms with Crippen LogP contribution in [-0.2, 0) is 0 Å². The third kappa shape index (κ3) is 5.40. The van der Waals surface area contributed by atoms with Crippen molar-refractivity contribution in [2.24, 2.45) is 5.92 Å². The molecular formula is C10H19N3O3S. The van der Waals surface area contributed by atoms with Crippen LogP contribution in [0.2, 0.25) is 0 Å². The van der Waals surface area contributed by atoms with Crippen LogP contribution in [0.15, 0.2) is 6.20 Å². The molecule has 7 heteroatoms. The van der Waals surface area contributed by atoms with E-state index in [-0.39, 0.29) is 25.2 Å². The molecule has 1 aromatic rings. The number of aromatic nitrogens is 2. The summed E-state index contributed by atoms with van der Waals surface area (Å²) in [5.41, 5.74) is 0. The van der Waals surface area contributed by atoms with Crippen molar-refractivity contribution in [2.45, 2.75) is 26.0 Å². The van der Waals surface area contributed by atoms with Crippen molar-refractivity contribution in [3.8, 4) is 5.88 Å². The van der Waals surface area contributed by atoms with Gasteiger partial charge in [0.25, 0.3) is 0 Å². The second-order valence-electron chi connectivity index (χ2n) is 4.07. The molecule has 17 heavy (non-hydrogen) atoms. The van der Waals surface area contributed by atoms with E-state index < -0.39 is 6.10 Å².